The van der Waals surface area contributed by atoms with Crippen LogP contribution >= 0.6 is 22.6 Å². The van der Waals surface area contributed by atoms with Gasteiger partial charge in [-0.05, 0) is 77.5 Å². The molecule has 0 saturated heterocycles. The Morgan fingerprint density at radius 1 is 1.07 bits per heavy atom. The largest absolute Gasteiger partial charge is 0.493 e. The SMILES string of the molecule is C[SiH](C)OC(CCOc1ccc(-c2cn3cc(I)ccc3n2)cc1)C(C)(C)C. The molecule has 150 valence electrons. The molecule has 0 fully saturated rings. The molecule has 0 N–H and O–H groups in total. The van der Waals surface area contributed by atoms with Gasteiger partial charge in [0.15, 0.2) is 9.04 Å². The van der Waals surface area contributed by atoms with Crippen molar-refractivity contribution >= 4 is 37.3 Å². The van der Waals surface area contributed by atoms with Gasteiger partial charge in [0.05, 0.1) is 18.4 Å². The minimum absolute atomic E-state index is 0.130. The fraction of sp³-hybridized carbons (Fsp3) is 0.409. The summed E-state index contributed by atoms with van der Waals surface area (Å²) in [7, 11) is -1.07. The van der Waals surface area contributed by atoms with Gasteiger partial charge in [0.2, 0.25) is 0 Å². The Bertz CT molecular complexity index is 916. The average molecular weight is 508 g/mol. The first-order valence-electron chi connectivity index (χ1n) is 9.75. The molecule has 0 bridgehead atoms. The van der Waals surface area contributed by atoms with Crippen LogP contribution in [-0.4, -0.2) is 31.1 Å². The molecule has 0 spiro atoms. The number of pyridine rings is 1. The van der Waals surface area contributed by atoms with E-state index in [0.29, 0.717) is 6.61 Å². The third-order valence-electron chi connectivity index (χ3n) is 4.62. The van der Waals surface area contributed by atoms with Gasteiger partial charge in [-0.2, -0.15) is 0 Å². The number of fused-ring (bicyclic) bond motifs is 1. The topological polar surface area (TPSA) is 35.8 Å². The molecule has 2 aromatic heterocycles. The maximum Gasteiger partial charge on any atom is 0.171 e. The van der Waals surface area contributed by atoms with Crippen molar-refractivity contribution in [1.29, 1.82) is 0 Å². The number of hydrogen-bond donors (Lipinski definition) is 0. The van der Waals surface area contributed by atoms with Crippen molar-refractivity contribution < 1.29 is 9.16 Å². The fourth-order valence-electron chi connectivity index (χ4n) is 3.14. The molecule has 1 atom stereocenters. The summed E-state index contributed by atoms with van der Waals surface area (Å²) in [5, 5.41) is 0. The lowest BCUT2D eigenvalue weighted by Gasteiger charge is -2.32. The summed E-state index contributed by atoms with van der Waals surface area (Å²) in [5.74, 6) is 0.886. The summed E-state index contributed by atoms with van der Waals surface area (Å²) in [6, 6.07) is 12.3. The normalized spacial score (nSPS) is 13.2. The van der Waals surface area contributed by atoms with Crippen molar-refractivity contribution in [3.63, 3.8) is 0 Å². The quantitative estimate of drug-likeness (QED) is 0.300. The fourth-order valence-corrected chi connectivity index (χ4v) is 4.82. The van der Waals surface area contributed by atoms with Crippen LogP contribution in [0.25, 0.3) is 16.9 Å². The van der Waals surface area contributed by atoms with E-state index in [4.69, 9.17) is 14.1 Å². The van der Waals surface area contributed by atoms with E-state index < -0.39 is 9.04 Å². The van der Waals surface area contributed by atoms with E-state index in [1.54, 1.807) is 0 Å². The molecule has 2 heterocycles. The Morgan fingerprint density at radius 2 is 1.79 bits per heavy atom. The van der Waals surface area contributed by atoms with Crippen LogP contribution in [0.15, 0.2) is 48.8 Å². The minimum atomic E-state index is -1.07. The van der Waals surface area contributed by atoms with Crippen molar-refractivity contribution in [3.8, 4) is 17.0 Å². The van der Waals surface area contributed by atoms with Crippen molar-refractivity contribution in [2.24, 2.45) is 5.41 Å². The molecule has 28 heavy (non-hydrogen) atoms. The zero-order valence-corrected chi connectivity index (χ0v) is 20.6. The van der Waals surface area contributed by atoms with Crippen LogP contribution in [0.1, 0.15) is 27.2 Å². The first-order valence-corrected chi connectivity index (χ1v) is 13.6. The number of benzene rings is 1. The van der Waals surface area contributed by atoms with Gasteiger partial charge < -0.3 is 13.6 Å². The molecule has 4 nitrogen and oxygen atoms in total. The van der Waals surface area contributed by atoms with Gasteiger partial charge in [-0.3, -0.25) is 0 Å². The average Bonchev–Trinajstić information content (AvgIpc) is 3.03. The number of hydrogen-bond acceptors (Lipinski definition) is 3. The number of rotatable bonds is 7. The predicted molar refractivity (Wildman–Crippen MR) is 127 cm³/mol. The lowest BCUT2D eigenvalue weighted by atomic mass is 9.87. The van der Waals surface area contributed by atoms with Gasteiger partial charge in [-0.25, -0.2) is 4.98 Å². The van der Waals surface area contributed by atoms with E-state index in [0.717, 1.165) is 29.1 Å². The maximum atomic E-state index is 6.21. The highest BCUT2D eigenvalue weighted by molar-refractivity contribution is 14.1. The van der Waals surface area contributed by atoms with Gasteiger partial charge in [-0.15, -0.1) is 0 Å². The minimum Gasteiger partial charge on any atom is -0.493 e. The van der Waals surface area contributed by atoms with Crippen LogP contribution in [0.3, 0.4) is 0 Å². The first-order chi connectivity index (χ1) is 13.2. The van der Waals surface area contributed by atoms with Gasteiger partial charge in [0.1, 0.15) is 11.4 Å². The second-order valence-corrected chi connectivity index (χ2v) is 12.1. The van der Waals surface area contributed by atoms with Crippen molar-refractivity contribution in [2.75, 3.05) is 6.61 Å². The van der Waals surface area contributed by atoms with Crippen LogP contribution in [-0.2, 0) is 4.43 Å². The van der Waals surface area contributed by atoms with Gasteiger partial charge >= 0.3 is 0 Å². The van der Waals surface area contributed by atoms with Crippen LogP contribution in [0.4, 0.5) is 0 Å². The third kappa shape index (κ3) is 5.58. The first kappa shape index (κ1) is 21.3. The molecule has 0 saturated carbocycles. The lowest BCUT2D eigenvalue weighted by Crippen LogP contribution is -2.34. The summed E-state index contributed by atoms with van der Waals surface area (Å²) in [4.78, 5) is 4.70. The predicted octanol–water partition coefficient (Wildman–Crippen LogP) is 5.79. The van der Waals surface area contributed by atoms with Crippen LogP contribution in [0.5, 0.6) is 5.75 Å². The maximum absolute atomic E-state index is 6.21. The summed E-state index contributed by atoms with van der Waals surface area (Å²) in [5.41, 5.74) is 3.15. The highest BCUT2D eigenvalue weighted by Gasteiger charge is 2.26. The van der Waals surface area contributed by atoms with E-state index in [1.165, 1.54) is 3.57 Å². The van der Waals surface area contributed by atoms with Gasteiger partial charge in [0.25, 0.3) is 0 Å². The number of ether oxygens (including phenoxy) is 1. The summed E-state index contributed by atoms with van der Waals surface area (Å²) < 4.78 is 15.5. The molecular weight excluding hydrogens is 479 g/mol. The summed E-state index contributed by atoms with van der Waals surface area (Å²) >= 11 is 2.31. The molecule has 1 unspecified atom stereocenters. The highest BCUT2D eigenvalue weighted by Crippen LogP contribution is 2.27. The van der Waals surface area contributed by atoms with E-state index >= 15 is 0 Å². The zero-order chi connectivity index (χ0) is 20.3. The zero-order valence-electron chi connectivity index (χ0n) is 17.3. The standard InChI is InChI=1S/C22H29IN2O2Si/c1-22(2,3)20(27-28(4)5)12-13-26-18-9-6-16(7-10-18)19-15-25-14-17(23)8-11-21(25)24-19/h6-11,14-15,20,28H,12-13H2,1-5H3. The molecule has 0 amide bonds. The van der Waals surface area contributed by atoms with E-state index in [2.05, 4.69) is 91.4 Å². The van der Waals surface area contributed by atoms with E-state index in [1.807, 2.05) is 18.2 Å². The molecule has 0 radical (unpaired) electrons. The second kappa shape index (κ2) is 8.96. The number of nitrogens with zero attached hydrogens (tertiary/aromatic N) is 2. The van der Waals surface area contributed by atoms with Crippen LogP contribution in [0, 0.1) is 8.99 Å². The monoisotopic (exact) mass is 508 g/mol. The Morgan fingerprint density at radius 3 is 2.43 bits per heavy atom. The van der Waals surface area contributed by atoms with Crippen LogP contribution < -0.4 is 4.74 Å². The Labute approximate surface area is 183 Å². The third-order valence-corrected chi connectivity index (χ3v) is 6.13. The van der Waals surface area contributed by atoms with E-state index in [9.17, 15) is 0 Å². The summed E-state index contributed by atoms with van der Waals surface area (Å²) in [6.07, 6.45) is 5.28. The van der Waals surface area contributed by atoms with Crippen molar-refractivity contribution in [2.45, 2.75) is 46.4 Å². The molecule has 0 aliphatic carbocycles. The van der Waals surface area contributed by atoms with Crippen molar-refractivity contribution in [1.82, 2.24) is 9.38 Å². The number of aromatic nitrogens is 2. The molecule has 0 aliphatic heterocycles. The van der Waals surface area contributed by atoms with Crippen molar-refractivity contribution in [3.05, 3.63) is 52.4 Å². The molecule has 3 aromatic rings. The molecular formula is C22H29IN2O2Si. The molecule has 1 aromatic carbocycles. The lowest BCUT2D eigenvalue weighted by molar-refractivity contribution is 0.0646. The smallest absolute Gasteiger partial charge is 0.171 e. The molecule has 6 heteroatoms. The Kier molecular flexibility index (Phi) is 6.83. The second-order valence-electron chi connectivity index (χ2n) is 8.44. The molecule has 0 aliphatic rings. The van der Waals surface area contributed by atoms with E-state index in [-0.39, 0.29) is 11.5 Å². The Hall–Kier alpha value is -1.38. The molecule has 3 rings (SSSR count). The van der Waals surface area contributed by atoms with Crippen LogP contribution in [0.2, 0.25) is 13.1 Å². The summed E-state index contributed by atoms with van der Waals surface area (Å²) in [6.45, 7) is 11.8. The number of imidazole rings is 1. The highest BCUT2D eigenvalue weighted by atomic mass is 127. The van der Waals surface area contributed by atoms with Gasteiger partial charge in [0, 0.05) is 27.9 Å². The number of halogens is 1. The Balaban J connectivity index is 1.62. The van der Waals surface area contributed by atoms with Gasteiger partial charge in [-0.1, -0.05) is 20.8 Å².